The highest BCUT2D eigenvalue weighted by atomic mass is 35.5. The second-order valence-electron chi connectivity index (χ2n) is 5.07. The van der Waals surface area contributed by atoms with Crippen molar-refractivity contribution in [3.63, 3.8) is 0 Å². The molecule has 0 unspecified atom stereocenters. The topological polar surface area (TPSA) is 43.0 Å². The summed E-state index contributed by atoms with van der Waals surface area (Å²) >= 11 is 11.2. The van der Waals surface area contributed by atoms with Crippen molar-refractivity contribution in [2.24, 2.45) is 0 Å². The van der Waals surface area contributed by atoms with Crippen molar-refractivity contribution < 1.29 is 17.6 Å². The highest BCUT2D eigenvalue weighted by molar-refractivity contribution is 7.71. The van der Waals surface area contributed by atoms with Crippen LogP contribution in [0.4, 0.5) is 18.9 Å². The number of alkyl halides is 3. The Morgan fingerprint density at radius 1 is 1.16 bits per heavy atom. The van der Waals surface area contributed by atoms with Gasteiger partial charge in [0.25, 0.3) is 4.84 Å². The van der Waals surface area contributed by atoms with E-state index in [1.54, 1.807) is 24.3 Å². The zero-order valence-corrected chi connectivity index (χ0v) is 14.1. The summed E-state index contributed by atoms with van der Waals surface area (Å²) in [6.45, 7) is 0.0497. The van der Waals surface area contributed by atoms with Crippen LogP contribution in [0.1, 0.15) is 5.56 Å². The van der Waals surface area contributed by atoms with Gasteiger partial charge in [-0.3, -0.25) is 0 Å². The largest absolute Gasteiger partial charge is 0.416 e. The lowest BCUT2D eigenvalue weighted by molar-refractivity contribution is -0.137. The number of nitrogens with zero attached hydrogens (tertiary/aromatic N) is 2. The van der Waals surface area contributed by atoms with Crippen molar-refractivity contribution in [1.29, 1.82) is 0 Å². The minimum Gasteiger partial charge on any atom is -0.409 e. The predicted octanol–water partition coefficient (Wildman–Crippen LogP) is 5.61. The molecule has 0 spiro atoms. The van der Waals surface area contributed by atoms with Gasteiger partial charge in [0, 0.05) is 5.69 Å². The lowest BCUT2D eigenvalue weighted by Gasteiger charge is -2.10. The molecular formula is C16H11ClF3N3OS. The Balaban J connectivity index is 1.79. The minimum absolute atomic E-state index is 0.0497. The smallest absolute Gasteiger partial charge is 0.409 e. The maximum Gasteiger partial charge on any atom is 0.416 e. The molecule has 0 aliphatic carbocycles. The van der Waals surface area contributed by atoms with Crippen molar-refractivity contribution in [3.8, 4) is 11.5 Å². The molecule has 0 fully saturated rings. The van der Waals surface area contributed by atoms with Gasteiger partial charge in [0.1, 0.15) is 6.67 Å². The first-order valence-corrected chi connectivity index (χ1v) is 7.87. The summed E-state index contributed by atoms with van der Waals surface area (Å²) in [5.74, 6) is 0.237. The average molecular weight is 386 g/mol. The lowest BCUT2D eigenvalue weighted by Crippen LogP contribution is -2.11. The summed E-state index contributed by atoms with van der Waals surface area (Å²) in [6.07, 6.45) is -4.40. The Bertz CT molecular complexity index is 952. The first kappa shape index (κ1) is 17.5. The summed E-state index contributed by atoms with van der Waals surface area (Å²) in [5.41, 5.74) is 0.130. The Morgan fingerprint density at radius 2 is 1.92 bits per heavy atom. The van der Waals surface area contributed by atoms with Crippen LogP contribution in [0.2, 0.25) is 5.02 Å². The van der Waals surface area contributed by atoms with Gasteiger partial charge in [-0.2, -0.15) is 13.2 Å². The van der Waals surface area contributed by atoms with Crippen LogP contribution in [0.25, 0.3) is 11.5 Å². The number of anilines is 1. The van der Waals surface area contributed by atoms with E-state index in [1.807, 2.05) is 0 Å². The maximum absolute atomic E-state index is 12.7. The second kappa shape index (κ2) is 6.89. The molecule has 9 heteroatoms. The molecule has 130 valence electrons. The molecule has 0 aliphatic rings. The Labute approximate surface area is 150 Å². The van der Waals surface area contributed by atoms with E-state index in [-0.39, 0.29) is 17.4 Å². The minimum atomic E-state index is -4.40. The quantitative estimate of drug-likeness (QED) is 0.592. The molecule has 25 heavy (non-hydrogen) atoms. The monoisotopic (exact) mass is 385 g/mol. The van der Waals surface area contributed by atoms with Gasteiger partial charge in [-0.15, -0.1) is 5.10 Å². The number of hydrogen-bond acceptors (Lipinski definition) is 4. The molecule has 3 aromatic rings. The normalized spacial score (nSPS) is 11.5. The van der Waals surface area contributed by atoms with Crippen LogP contribution in [0.15, 0.2) is 52.9 Å². The summed E-state index contributed by atoms with van der Waals surface area (Å²) in [4.78, 5) is 0.0781. The molecule has 0 radical (unpaired) electrons. The van der Waals surface area contributed by atoms with Crippen molar-refractivity contribution in [1.82, 2.24) is 9.78 Å². The molecule has 0 aliphatic heterocycles. The standard InChI is InChI=1S/C16H11ClF3N3OS/c17-13-7-2-1-6-12(13)14-22-23(15(25)24-14)9-21-11-5-3-4-10(8-11)16(18,19)20/h1-8,21H,9H2. The summed E-state index contributed by atoms with van der Waals surface area (Å²) in [5, 5.41) is 7.49. The van der Waals surface area contributed by atoms with E-state index < -0.39 is 11.7 Å². The Hall–Kier alpha value is -2.32. The molecule has 1 aromatic heterocycles. The van der Waals surface area contributed by atoms with Crippen LogP contribution in [0.3, 0.4) is 0 Å². The first-order chi connectivity index (χ1) is 11.8. The third kappa shape index (κ3) is 4.02. The average Bonchev–Trinajstić information content (AvgIpc) is 2.93. The fourth-order valence-electron chi connectivity index (χ4n) is 2.12. The molecule has 2 aromatic carbocycles. The van der Waals surface area contributed by atoms with Crippen LogP contribution < -0.4 is 5.32 Å². The molecule has 3 rings (SSSR count). The first-order valence-electron chi connectivity index (χ1n) is 7.08. The highest BCUT2D eigenvalue weighted by Crippen LogP contribution is 2.31. The van der Waals surface area contributed by atoms with Gasteiger partial charge in [-0.05, 0) is 42.5 Å². The van der Waals surface area contributed by atoms with Gasteiger partial charge < -0.3 is 9.73 Å². The van der Waals surface area contributed by atoms with Crippen molar-refractivity contribution in [2.45, 2.75) is 12.8 Å². The van der Waals surface area contributed by atoms with Gasteiger partial charge in [0.05, 0.1) is 16.1 Å². The van der Waals surface area contributed by atoms with E-state index in [1.165, 1.54) is 16.8 Å². The predicted molar refractivity (Wildman–Crippen MR) is 90.8 cm³/mol. The van der Waals surface area contributed by atoms with Crippen LogP contribution in [0.5, 0.6) is 0 Å². The molecule has 0 saturated heterocycles. The van der Waals surface area contributed by atoms with Gasteiger partial charge in [-0.25, -0.2) is 4.68 Å². The van der Waals surface area contributed by atoms with Crippen LogP contribution >= 0.6 is 23.8 Å². The Morgan fingerprint density at radius 3 is 2.64 bits per heavy atom. The SMILES string of the molecule is FC(F)(F)c1cccc(NCn2nc(-c3ccccc3Cl)oc2=S)c1. The summed E-state index contributed by atoms with van der Waals surface area (Å²) < 4.78 is 44.9. The second-order valence-corrected chi connectivity index (χ2v) is 5.82. The van der Waals surface area contributed by atoms with Crippen LogP contribution in [0, 0.1) is 4.84 Å². The van der Waals surface area contributed by atoms with E-state index in [2.05, 4.69) is 10.4 Å². The number of nitrogens with one attached hydrogen (secondary N) is 1. The molecule has 0 bridgehead atoms. The third-order valence-corrected chi connectivity index (χ3v) is 3.96. The number of benzene rings is 2. The molecule has 0 saturated carbocycles. The van der Waals surface area contributed by atoms with Gasteiger partial charge >= 0.3 is 6.18 Å². The summed E-state index contributed by atoms with van der Waals surface area (Å²) in [6, 6.07) is 11.8. The fraction of sp³-hybridized carbons (Fsp3) is 0.125. The molecule has 0 atom stereocenters. The number of rotatable bonds is 4. The van der Waals surface area contributed by atoms with E-state index in [0.717, 1.165) is 12.1 Å². The van der Waals surface area contributed by atoms with Gasteiger partial charge in [-0.1, -0.05) is 29.8 Å². The molecule has 4 nitrogen and oxygen atoms in total. The highest BCUT2D eigenvalue weighted by Gasteiger charge is 2.30. The summed E-state index contributed by atoms with van der Waals surface area (Å²) in [7, 11) is 0. The molecule has 0 amide bonds. The third-order valence-electron chi connectivity index (χ3n) is 3.33. The molecule has 1 heterocycles. The zero-order chi connectivity index (χ0) is 18.0. The van der Waals surface area contributed by atoms with Gasteiger partial charge in [0.2, 0.25) is 5.89 Å². The van der Waals surface area contributed by atoms with Crippen LogP contribution in [-0.2, 0) is 12.8 Å². The van der Waals surface area contributed by atoms with E-state index >= 15 is 0 Å². The number of aromatic nitrogens is 2. The molecule has 1 N–H and O–H groups in total. The lowest BCUT2D eigenvalue weighted by atomic mass is 10.2. The number of halogens is 4. The van der Waals surface area contributed by atoms with Crippen molar-refractivity contribution >= 4 is 29.5 Å². The zero-order valence-electron chi connectivity index (χ0n) is 12.5. The van der Waals surface area contributed by atoms with E-state index in [0.29, 0.717) is 16.3 Å². The van der Waals surface area contributed by atoms with Crippen molar-refractivity contribution in [2.75, 3.05) is 5.32 Å². The molecular weight excluding hydrogens is 375 g/mol. The maximum atomic E-state index is 12.7. The van der Waals surface area contributed by atoms with Crippen LogP contribution in [-0.4, -0.2) is 9.78 Å². The van der Waals surface area contributed by atoms with E-state index in [9.17, 15) is 13.2 Å². The van der Waals surface area contributed by atoms with Gasteiger partial charge in [0.15, 0.2) is 0 Å². The fourth-order valence-corrected chi connectivity index (χ4v) is 2.52. The number of hydrogen-bond donors (Lipinski definition) is 1. The van der Waals surface area contributed by atoms with E-state index in [4.69, 9.17) is 28.2 Å². The van der Waals surface area contributed by atoms with Crippen molar-refractivity contribution in [3.05, 3.63) is 64.0 Å². The Kier molecular flexibility index (Phi) is 4.82.